The van der Waals surface area contributed by atoms with Gasteiger partial charge >= 0.3 is 12.4 Å². The van der Waals surface area contributed by atoms with Crippen LogP contribution in [0, 0.1) is 0 Å². The predicted octanol–water partition coefficient (Wildman–Crippen LogP) is 4.36. The lowest BCUT2D eigenvalue weighted by Crippen LogP contribution is -2.39. The average molecular weight is 556 g/mol. The third-order valence-corrected chi connectivity index (χ3v) is 6.39. The molecule has 0 spiro atoms. The summed E-state index contributed by atoms with van der Waals surface area (Å²) in [5.74, 6) is -0.655. The Bertz CT molecular complexity index is 1260. The summed E-state index contributed by atoms with van der Waals surface area (Å²) in [6, 6.07) is 6.68. The van der Waals surface area contributed by atoms with Crippen LogP contribution in [0.2, 0.25) is 0 Å². The lowest BCUT2D eigenvalue weighted by atomic mass is 9.99. The van der Waals surface area contributed by atoms with Gasteiger partial charge in [0, 0.05) is 29.0 Å². The quantitative estimate of drug-likeness (QED) is 0.408. The molecule has 1 aliphatic rings. The first-order valence-electron chi connectivity index (χ1n) is 10.1. The highest BCUT2D eigenvalue weighted by molar-refractivity contribution is 7.99. The molecule has 15 heteroatoms. The van der Waals surface area contributed by atoms with Crippen LogP contribution in [0.5, 0.6) is 0 Å². The van der Waals surface area contributed by atoms with Gasteiger partial charge in [-0.15, -0.1) is 0 Å². The van der Waals surface area contributed by atoms with Crippen molar-refractivity contribution >= 4 is 39.6 Å². The zero-order chi connectivity index (χ0) is 26.7. The first-order chi connectivity index (χ1) is 16.6. The van der Waals surface area contributed by atoms with Crippen LogP contribution in [0.15, 0.2) is 52.3 Å². The summed E-state index contributed by atoms with van der Waals surface area (Å²) < 4.78 is 113. The number of rotatable bonds is 6. The molecule has 7 nitrogen and oxygen atoms in total. The van der Waals surface area contributed by atoms with Gasteiger partial charge in [0.15, 0.2) is 0 Å². The first kappa shape index (κ1) is 27.8. The van der Waals surface area contributed by atoms with Gasteiger partial charge in [0.2, 0.25) is 5.91 Å². The minimum absolute atomic E-state index is 0.0214. The number of hydrogen-bond acceptors (Lipinski definition) is 5. The summed E-state index contributed by atoms with van der Waals surface area (Å²) in [4.78, 5) is 12.8. The molecule has 0 aromatic heterocycles. The Labute approximate surface area is 206 Å². The number of halogens is 6. The SMILES string of the molecule is NS(=O)(=O)Nc1cccc(Sc2ccc(C=CC(=O)N3CCOCC3)c(C(F)(F)F)c2C(F)(F)F)c1. The van der Waals surface area contributed by atoms with Crippen molar-refractivity contribution in [2.24, 2.45) is 5.14 Å². The topological polar surface area (TPSA) is 102 Å². The molecule has 3 N–H and O–H groups in total. The summed E-state index contributed by atoms with van der Waals surface area (Å²) in [6.45, 7) is 0.896. The maximum atomic E-state index is 14.0. The summed E-state index contributed by atoms with van der Waals surface area (Å²) in [7, 11) is -4.19. The monoisotopic (exact) mass is 555 g/mol. The molecular formula is C21H19F6N3O4S2. The number of hydrogen-bond donors (Lipinski definition) is 2. The largest absolute Gasteiger partial charge is 0.418 e. The van der Waals surface area contributed by atoms with Crippen LogP contribution in [-0.4, -0.2) is 45.5 Å². The number of nitrogens with zero attached hydrogens (tertiary/aromatic N) is 1. The molecule has 0 radical (unpaired) electrons. The van der Waals surface area contributed by atoms with Crippen molar-refractivity contribution in [1.29, 1.82) is 0 Å². The van der Waals surface area contributed by atoms with Crippen molar-refractivity contribution in [2.75, 3.05) is 31.0 Å². The van der Waals surface area contributed by atoms with Gasteiger partial charge in [0.1, 0.15) is 0 Å². The van der Waals surface area contributed by atoms with Crippen molar-refractivity contribution in [3.05, 3.63) is 59.2 Å². The number of morpholine rings is 1. The van der Waals surface area contributed by atoms with E-state index < -0.39 is 50.1 Å². The van der Waals surface area contributed by atoms with Gasteiger partial charge in [0.05, 0.1) is 30.0 Å². The summed E-state index contributed by atoms with van der Waals surface area (Å²) in [5.41, 5.74) is -4.78. The smallest absolute Gasteiger partial charge is 0.378 e. The maximum Gasteiger partial charge on any atom is 0.418 e. The Hall–Kier alpha value is -2.75. The molecular weight excluding hydrogens is 536 g/mol. The van der Waals surface area contributed by atoms with Gasteiger partial charge in [-0.05, 0) is 35.9 Å². The number of ether oxygens (including phenoxy) is 1. The van der Waals surface area contributed by atoms with E-state index in [2.05, 4.69) is 0 Å². The molecule has 0 unspecified atom stereocenters. The van der Waals surface area contributed by atoms with Crippen LogP contribution in [0.25, 0.3) is 6.08 Å². The van der Waals surface area contributed by atoms with Gasteiger partial charge in [-0.25, -0.2) is 5.14 Å². The fraction of sp³-hybridized carbons (Fsp3) is 0.286. The molecule has 3 rings (SSSR count). The second-order valence-electron chi connectivity index (χ2n) is 7.45. The van der Waals surface area contributed by atoms with Crippen molar-refractivity contribution in [3.8, 4) is 0 Å². The maximum absolute atomic E-state index is 14.0. The average Bonchev–Trinajstić information content (AvgIpc) is 2.76. The van der Waals surface area contributed by atoms with E-state index in [1.165, 1.54) is 23.1 Å². The number of carbonyl (C=O) groups is 1. The zero-order valence-electron chi connectivity index (χ0n) is 18.2. The van der Waals surface area contributed by atoms with Gasteiger partial charge in [-0.3, -0.25) is 9.52 Å². The Morgan fingerprint density at radius 3 is 2.25 bits per heavy atom. The second-order valence-corrected chi connectivity index (χ2v) is 9.86. The number of carbonyl (C=O) groups excluding carboxylic acids is 1. The summed E-state index contributed by atoms with van der Waals surface area (Å²) in [6.07, 6.45) is -9.30. The predicted molar refractivity (Wildman–Crippen MR) is 120 cm³/mol. The van der Waals surface area contributed by atoms with Crippen LogP contribution >= 0.6 is 11.8 Å². The number of alkyl halides is 6. The Balaban J connectivity index is 2.05. The Morgan fingerprint density at radius 1 is 1.03 bits per heavy atom. The number of amides is 1. The van der Waals surface area contributed by atoms with E-state index in [1.54, 1.807) is 0 Å². The minimum Gasteiger partial charge on any atom is -0.378 e. The van der Waals surface area contributed by atoms with E-state index in [1.807, 2.05) is 4.72 Å². The highest BCUT2D eigenvalue weighted by atomic mass is 32.2. The molecule has 0 bridgehead atoms. The van der Waals surface area contributed by atoms with E-state index in [4.69, 9.17) is 9.88 Å². The molecule has 0 atom stereocenters. The van der Waals surface area contributed by atoms with Crippen molar-refractivity contribution in [2.45, 2.75) is 22.1 Å². The number of benzene rings is 2. The van der Waals surface area contributed by atoms with E-state index in [0.29, 0.717) is 17.8 Å². The third-order valence-electron chi connectivity index (χ3n) is 4.82. The first-order valence-corrected chi connectivity index (χ1v) is 12.5. The van der Waals surface area contributed by atoms with Crippen LogP contribution in [0.1, 0.15) is 16.7 Å². The summed E-state index contributed by atoms with van der Waals surface area (Å²) in [5, 5.41) is 4.87. The molecule has 1 amide bonds. The molecule has 0 saturated carbocycles. The molecule has 2 aromatic rings. The molecule has 0 aliphatic carbocycles. The van der Waals surface area contributed by atoms with Crippen molar-refractivity contribution < 1.29 is 44.3 Å². The van der Waals surface area contributed by atoms with Crippen molar-refractivity contribution in [3.63, 3.8) is 0 Å². The van der Waals surface area contributed by atoms with Crippen LogP contribution in [0.4, 0.5) is 32.0 Å². The molecule has 1 saturated heterocycles. The van der Waals surface area contributed by atoms with Gasteiger partial charge in [-0.2, -0.15) is 34.8 Å². The minimum atomic E-state index is -5.40. The van der Waals surface area contributed by atoms with Crippen LogP contribution in [-0.2, 0) is 32.1 Å². The molecule has 1 heterocycles. The van der Waals surface area contributed by atoms with E-state index in [9.17, 15) is 39.6 Å². The number of nitrogens with two attached hydrogens (primary N) is 1. The third kappa shape index (κ3) is 7.38. The molecule has 2 aromatic carbocycles. The highest BCUT2D eigenvalue weighted by Crippen LogP contribution is 2.48. The van der Waals surface area contributed by atoms with Gasteiger partial charge in [-0.1, -0.05) is 23.9 Å². The fourth-order valence-electron chi connectivity index (χ4n) is 3.37. The molecule has 1 aliphatic heterocycles. The Kier molecular flexibility index (Phi) is 8.27. The highest BCUT2D eigenvalue weighted by Gasteiger charge is 2.46. The van der Waals surface area contributed by atoms with E-state index >= 15 is 0 Å². The molecule has 36 heavy (non-hydrogen) atoms. The number of anilines is 1. The Morgan fingerprint density at radius 2 is 1.67 bits per heavy atom. The van der Waals surface area contributed by atoms with Crippen LogP contribution < -0.4 is 9.86 Å². The van der Waals surface area contributed by atoms with E-state index in [-0.39, 0.29) is 36.9 Å². The number of nitrogens with one attached hydrogen (secondary N) is 1. The summed E-state index contributed by atoms with van der Waals surface area (Å²) >= 11 is 0.359. The fourth-order valence-corrected chi connectivity index (χ4v) is 4.87. The van der Waals surface area contributed by atoms with Crippen LogP contribution in [0.3, 0.4) is 0 Å². The van der Waals surface area contributed by atoms with Gasteiger partial charge < -0.3 is 9.64 Å². The molecule has 1 fully saturated rings. The van der Waals surface area contributed by atoms with Gasteiger partial charge in [0.25, 0.3) is 10.2 Å². The zero-order valence-corrected chi connectivity index (χ0v) is 19.8. The standard InChI is InChI=1S/C21H19F6N3O4S2/c22-20(23,24)18-13(5-7-17(31)30-8-10-34-11-9-30)4-6-16(19(18)21(25,26)27)35-15-3-1-2-14(12-15)29-36(28,32)33/h1-7,12,29H,8-11H2,(H2,28,32,33). The normalized spacial score (nSPS) is 15.4. The van der Waals surface area contributed by atoms with E-state index in [0.717, 1.165) is 24.3 Å². The molecule has 196 valence electrons. The lowest BCUT2D eigenvalue weighted by molar-refractivity contribution is -0.163. The lowest BCUT2D eigenvalue weighted by Gasteiger charge is -2.25. The second kappa shape index (κ2) is 10.7. The van der Waals surface area contributed by atoms with Crippen molar-refractivity contribution in [1.82, 2.24) is 4.90 Å².